The first-order chi connectivity index (χ1) is 8.15. The minimum Gasteiger partial charge on any atom is -0.437 e. The van der Waals surface area contributed by atoms with Crippen molar-refractivity contribution in [3.63, 3.8) is 0 Å². The van der Waals surface area contributed by atoms with Crippen molar-refractivity contribution in [1.29, 1.82) is 0 Å². The van der Waals surface area contributed by atoms with Crippen LogP contribution >= 0.6 is 11.6 Å². The van der Waals surface area contributed by atoms with Gasteiger partial charge in [-0.3, -0.25) is 4.98 Å². The molecule has 0 spiro atoms. The SMILES string of the molecule is CC(C)c1ccc(Oc2cncc(Cl)n2)cc1. The van der Waals surface area contributed by atoms with Crippen LogP contribution < -0.4 is 4.74 Å². The fourth-order valence-corrected chi connectivity index (χ4v) is 1.56. The monoisotopic (exact) mass is 248 g/mol. The van der Waals surface area contributed by atoms with Crippen molar-refractivity contribution in [3.05, 3.63) is 47.4 Å². The molecular formula is C13H13ClN2O. The lowest BCUT2D eigenvalue weighted by atomic mass is 10.0. The Morgan fingerprint density at radius 3 is 2.41 bits per heavy atom. The number of hydrogen-bond donors (Lipinski definition) is 0. The highest BCUT2D eigenvalue weighted by Gasteiger charge is 2.02. The van der Waals surface area contributed by atoms with Gasteiger partial charge in [0.1, 0.15) is 5.75 Å². The number of halogens is 1. The molecule has 0 saturated carbocycles. The lowest BCUT2D eigenvalue weighted by Crippen LogP contribution is -1.91. The highest BCUT2D eigenvalue weighted by molar-refractivity contribution is 6.29. The van der Waals surface area contributed by atoms with Gasteiger partial charge in [0, 0.05) is 0 Å². The molecule has 1 aromatic heterocycles. The number of aromatic nitrogens is 2. The molecule has 2 rings (SSSR count). The number of nitrogens with zero attached hydrogens (tertiary/aromatic N) is 2. The van der Waals surface area contributed by atoms with E-state index in [4.69, 9.17) is 16.3 Å². The molecule has 0 N–H and O–H groups in total. The summed E-state index contributed by atoms with van der Waals surface area (Å²) in [7, 11) is 0. The average molecular weight is 249 g/mol. The number of benzene rings is 1. The summed E-state index contributed by atoms with van der Waals surface area (Å²) < 4.78 is 5.54. The van der Waals surface area contributed by atoms with Crippen LogP contribution in [0.25, 0.3) is 0 Å². The molecular weight excluding hydrogens is 236 g/mol. The van der Waals surface area contributed by atoms with E-state index < -0.39 is 0 Å². The molecule has 0 unspecified atom stereocenters. The van der Waals surface area contributed by atoms with Crippen LogP contribution in [0, 0.1) is 0 Å². The highest BCUT2D eigenvalue weighted by atomic mass is 35.5. The van der Waals surface area contributed by atoms with E-state index in [1.807, 2.05) is 24.3 Å². The molecule has 0 aliphatic rings. The Bertz CT molecular complexity index is 497. The van der Waals surface area contributed by atoms with E-state index >= 15 is 0 Å². The number of hydrogen-bond acceptors (Lipinski definition) is 3. The van der Waals surface area contributed by atoms with Crippen LogP contribution in [0.1, 0.15) is 25.3 Å². The second-order valence-electron chi connectivity index (χ2n) is 4.01. The van der Waals surface area contributed by atoms with Crippen LogP contribution in [-0.4, -0.2) is 9.97 Å². The summed E-state index contributed by atoms with van der Waals surface area (Å²) in [6.07, 6.45) is 3.00. The zero-order valence-corrected chi connectivity index (χ0v) is 10.5. The largest absolute Gasteiger partial charge is 0.437 e. The Balaban J connectivity index is 2.14. The van der Waals surface area contributed by atoms with Gasteiger partial charge in [0.15, 0.2) is 5.15 Å². The number of rotatable bonds is 3. The molecule has 1 aromatic carbocycles. The van der Waals surface area contributed by atoms with Gasteiger partial charge in [0.25, 0.3) is 0 Å². The fourth-order valence-electron chi connectivity index (χ4n) is 1.42. The van der Waals surface area contributed by atoms with Gasteiger partial charge in [-0.05, 0) is 23.6 Å². The van der Waals surface area contributed by atoms with E-state index in [0.717, 1.165) is 5.75 Å². The van der Waals surface area contributed by atoms with Gasteiger partial charge >= 0.3 is 0 Å². The topological polar surface area (TPSA) is 35.0 Å². The molecule has 0 aliphatic carbocycles. The van der Waals surface area contributed by atoms with Gasteiger partial charge in [-0.2, -0.15) is 4.98 Å². The molecule has 0 aliphatic heterocycles. The zero-order chi connectivity index (χ0) is 12.3. The molecule has 0 amide bonds. The van der Waals surface area contributed by atoms with E-state index in [0.29, 0.717) is 17.0 Å². The Kier molecular flexibility index (Phi) is 3.59. The molecule has 4 heteroatoms. The van der Waals surface area contributed by atoms with E-state index in [2.05, 4.69) is 23.8 Å². The maximum Gasteiger partial charge on any atom is 0.239 e. The van der Waals surface area contributed by atoms with Crippen LogP contribution in [0.2, 0.25) is 5.15 Å². The second kappa shape index (κ2) is 5.15. The molecule has 88 valence electrons. The Morgan fingerprint density at radius 2 is 1.82 bits per heavy atom. The standard InChI is InChI=1S/C13H13ClN2O/c1-9(2)10-3-5-11(6-4-10)17-13-8-15-7-12(14)16-13/h3-9H,1-2H3. The summed E-state index contributed by atoms with van der Waals surface area (Å²) in [5.41, 5.74) is 1.27. The summed E-state index contributed by atoms with van der Waals surface area (Å²) in [6.45, 7) is 4.30. The lowest BCUT2D eigenvalue weighted by Gasteiger charge is -2.07. The third-order valence-corrected chi connectivity index (χ3v) is 2.53. The van der Waals surface area contributed by atoms with Crippen molar-refractivity contribution in [1.82, 2.24) is 9.97 Å². The molecule has 0 saturated heterocycles. The van der Waals surface area contributed by atoms with Gasteiger partial charge in [-0.15, -0.1) is 0 Å². The molecule has 17 heavy (non-hydrogen) atoms. The van der Waals surface area contributed by atoms with E-state index in [9.17, 15) is 0 Å². The van der Waals surface area contributed by atoms with E-state index in [1.54, 1.807) is 0 Å². The number of ether oxygens (including phenoxy) is 1. The first kappa shape index (κ1) is 11.9. The Labute approximate surface area is 105 Å². The summed E-state index contributed by atoms with van der Waals surface area (Å²) in [4.78, 5) is 7.91. The van der Waals surface area contributed by atoms with Crippen LogP contribution in [0.5, 0.6) is 11.6 Å². The van der Waals surface area contributed by atoms with E-state index in [1.165, 1.54) is 18.0 Å². The maximum absolute atomic E-state index is 5.72. The third kappa shape index (κ3) is 3.17. The van der Waals surface area contributed by atoms with Gasteiger partial charge < -0.3 is 4.74 Å². The molecule has 2 aromatic rings. The van der Waals surface area contributed by atoms with Crippen LogP contribution in [0.4, 0.5) is 0 Å². The molecule has 0 atom stereocenters. The van der Waals surface area contributed by atoms with Crippen molar-refractivity contribution in [2.75, 3.05) is 0 Å². The third-order valence-electron chi connectivity index (χ3n) is 2.35. The van der Waals surface area contributed by atoms with Crippen LogP contribution in [0.15, 0.2) is 36.7 Å². The molecule has 0 radical (unpaired) electrons. The normalized spacial score (nSPS) is 10.6. The summed E-state index contributed by atoms with van der Waals surface area (Å²) in [5.74, 6) is 1.63. The van der Waals surface area contributed by atoms with Crippen molar-refractivity contribution >= 4 is 11.6 Å². The van der Waals surface area contributed by atoms with Gasteiger partial charge in [0.05, 0.1) is 12.4 Å². The zero-order valence-electron chi connectivity index (χ0n) is 9.72. The van der Waals surface area contributed by atoms with Gasteiger partial charge in [-0.1, -0.05) is 37.6 Å². The summed E-state index contributed by atoms with van der Waals surface area (Å²) >= 11 is 5.72. The van der Waals surface area contributed by atoms with Crippen molar-refractivity contribution < 1.29 is 4.74 Å². The smallest absolute Gasteiger partial charge is 0.239 e. The first-order valence-corrected chi connectivity index (χ1v) is 5.78. The maximum atomic E-state index is 5.72. The second-order valence-corrected chi connectivity index (χ2v) is 4.39. The molecule has 0 bridgehead atoms. The first-order valence-electron chi connectivity index (χ1n) is 5.40. The Morgan fingerprint density at radius 1 is 1.12 bits per heavy atom. The van der Waals surface area contributed by atoms with Crippen LogP contribution in [-0.2, 0) is 0 Å². The minimum absolute atomic E-state index is 0.321. The van der Waals surface area contributed by atoms with Gasteiger partial charge in [0.2, 0.25) is 5.88 Å². The van der Waals surface area contributed by atoms with Gasteiger partial charge in [-0.25, -0.2) is 0 Å². The summed E-state index contributed by atoms with van der Waals surface area (Å²) in [5, 5.41) is 0.321. The average Bonchev–Trinajstić information content (AvgIpc) is 2.29. The minimum atomic E-state index is 0.321. The predicted octanol–water partition coefficient (Wildman–Crippen LogP) is 4.05. The van der Waals surface area contributed by atoms with Crippen molar-refractivity contribution in [2.24, 2.45) is 0 Å². The molecule has 3 nitrogen and oxygen atoms in total. The Hall–Kier alpha value is -1.61. The van der Waals surface area contributed by atoms with E-state index in [-0.39, 0.29) is 0 Å². The lowest BCUT2D eigenvalue weighted by molar-refractivity contribution is 0.460. The molecule has 0 fully saturated rings. The van der Waals surface area contributed by atoms with Crippen molar-refractivity contribution in [3.8, 4) is 11.6 Å². The molecule has 1 heterocycles. The predicted molar refractivity (Wildman–Crippen MR) is 67.6 cm³/mol. The summed E-state index contributed by atoms with van der Waals surface area (Å²) in [6, 6.07) is 7.91. The van der Waals surface area contributed by atoms with Crippen molar-refractivity contribution in [2.45, 2.75) is 19.8 Å². The quantitative estimate of drug-likeness (QED) is 0.822. The fraction of sp³-hybridized carbons (Fsp3) is 0.231. The highest BCUT2D eigenvalue weighted by Crippen LogP contribution is 2.22. The van der Waals surface area contributed by atoms with Crippen LogP contribution in [0.3, 0.4) is 0 Å².